The highest BCUT2D eigenvalue weighted by Gasteiger charge is 1.98. The largest absolute Gasteiger partial charge is 0.385 e. The Morgan fingerprint density at radius 2 is 1.83 bits per heavy atom. The lowest BCUT2D eigenvalue weighted by atomic mass is 10.1. The average molecular weight is 264 g/mol. The van der Waals surface area contributed by atoms with Gasteiger partial charge in [0.05, 0.1) is 0 Å². The van der Waals surface area contributed by atoms with E-state index in [1.165, 1.54) is 17.7 Å². The van der Waals surface area contributed by atoms with Crippen LogP contribution in [0.15, 0.2) is 48.5 Å². The molecule has 0 aliphatic rings. The van der Waals surface area contributed by atoms with Crippen molar-refractivity contribution >= 4 is 17.3 Å². The molecule has 0 fully saturated rings. The SMILES string of the molecule is Fc1cc(Cl)cc(NCCCc2ccccc2)c1. The van der Waals surface area contributed by atoms with Gasteiger partial charge in [0.25, 0.3) is 0 Å². The number of hydrogen-bond acceptors (Lipinski definition) is 1. The van der Waals surface area contributed by atoms with Crippen LogP contribution >= 0.6 is 11.6 Å². The van der Waals surface area contributed by atoms with E-state index in [-0.39, 0.29) is 5.82 Å². The van der Waals surface area contributed by atoms with Gasteiger partial charge in [0.15, 0.2) is 0 Å². The van der Waals surface area contributed by atoms with Crippen LogP contribution in [0.2, 0.25) is 5.02 Å². The molecule has 0 saturated carbocycles. The number of nitrogens with one attached hydrogen (secondary N) is 1. The van der Waals surface area contributed by atoms with Gasteiger partial charge in [-0.1, -0.05) is 41.9 Å². The molecule has 0 aliphatic heterocycles. The minimum atomic E-state index is -0.312. The summed E-state index contributed by atoms with van der Waals surface area (Å²) in [5, 5.41) is 3.59. The van der Waals surface area contributed by atoms with E-state index >= 15 is 0 Å². The third kappa shape index (κ3) is 4.04. The van der Waals surface area contributed by atoms with Gasteiger partial charge >= 0.3 is 0 Å². The van der Waals surface area contributed by atoms with Crippen molar-refractivity contribution in [2.45, 2.75) is 12.8 Å². The fraction of sp³-hybridized carbons (Fsp3) is 0.200. The molecule has 0 atom stereocenters. The summed E-state index contributed by atoms with van der Waals surface area (Å²) in [6.07, 6.45) is 2.01. The zero-order chi connectivity index (χ0) is 12.8. The molecule has 1 N–H and O–H groups in total. The molecule has 0 unspecified atom stereocenters. The van der Waals surface area contributed by atoms with Crippen LogP contribution in [0.3, 0.4) is 0 Å². The van der Waals surface area contributed by atoms with Crippen LogP contribution in [0.1, 0.15) is 12.0 Å². The molecule has 2 aromatic carbocycles. The van der Waals surface area contributed by atoms with Gasteiger partial charge in [0, 0.05) is 17.3 Å². The second-order valence-electron chi connectivity index (χ2n) is 4.17. The Morgan fingerprint density at radius 3 is 2.56 bits per heavy atom. The van der Waals surface area contributed by atoms with Crippen molar-refractivity contribution in [1.29, 1.82) is 0 Å². The van der Waals surface area contributed by atoms with Crippen molar-refractivity contribution in [1.82, 2.24) is 0 Å². The molecule has 0 radical (unpaired) electrons. The van der Waals surface area contributed by atoms with Gasteiger partial charge in [-0.3, -0.25) is 0 Å². The summed E-state index contributed by atoms with van der Waals surface area (Å²) in [6, 6.07) is 14.8. The van der Waals surface area contributed by atoms with Gasteiger partial charge in [-0.25, -0.2) is 4.39 Å². The Kier molecular flexibility index (Phi) is 4.59. The van der Waals surface area contributed by atoms with Gasteiger partial charge in [-0.05, 0) is 36.6 Å². The molecule has 94 valence electrons. The Hall–Kier alpha value is -1.54. The van der Waals surface area contributed by atoms with Crippen LogP contribution in [0.5, 0.6) is 0 Å². The number of hydrogen-bond donors (Lipinski definition) is 1. The molecule has 0 spiro atoms. The Labute approximate surface area is 112 Å². The number of anilines is 1. The van der Waals surface area contributed by atoms with Crippen molar-refractivity contribution in [3.8, 4) is 0 Å². The van der Waals surface area contributed by atoms with E-state index in [1.54, 1.807) is 6.07 Å². The van der Waals surface area contributed by atoms with Crippen LogP contribution in [-0.4, -0.2) is 6.54 Å². The van der Waals surface area contributed by atoms with E-state index in [2.05, 4.69) is 17.4 Å². The molecular weight excluding hydrogens is 249 g/mol. The topological polar surface area (TPSA) is 12.0 Å². The lowest BCUT2D eigenvalue weighted by Gasteiger charge is -2.07. The lowest BCUT2D eigenvalue weighted by molar-refractivity contribution is 0.628. The molecule has 0 aromatic heterocycles. The minimum Gasteiger partial charge on any atom is -0.385 e. The van der Waals surface area contributed by atoms with Gasteiger partial charge in [-0.2, -0.15) is 0 Å². The van der Waals surface area contributed by atoms with Gasteiger partial charge in [-0.15, -0.1) is 0 Å². The highest BCUT2D eigenvalue weighted by molar-refractivity contribution is 6.30. The molecule has 0 aliphatic carbocycles. The Balaban J connectivity index is 1.78. The molecular formula is C15H15ClFN. The zero-order valence-electron chi connectivity index (χ0n) is 10.00. The molecule has 1 nitrogen and oxygen atoms in total. The third-order valence-electron chi connectivity index (χ3n) is 2.68. The monoisotopic (exact) mass is 263 g/mol. The summed E-state index contributed by atoms with van der Waals surface area (Å²) >= 11 is 5.78. The van der Waals surface area contributed by atoms with E-state index in [0.29, 0.717) is 5.02 Å². The Bertz CT molecular complexity index is 479. The second kappa shape index (κ2) is 6.41. The molecule has 0 amide bonds. The Morgan fingerprint density at radius 1 is 1.06 bits per heavy atom. The van der Waals surface area contributed by atoms with Gasteiger partial charge in [0.2, 0.25) is 0 Å². The maximum atomic E-state index is 13.1. The van der Waals surface area contributed by atoms with Crippen LogP contribution in [0.4, 0.5) is 10.1 Å². The first-order chi connectivity index (χ1) is 8.74. The number of rotatable bonds is 5. The van der Waals surface area contributed by atoms with E-state index in [0.717, 1.165) is 25.1 Å². The van der Waals surface area contributed by atoms with Crippen LogP contribution in [-0.2, 0) is 6.42 Å². The lowest BCUT2D eigenvalue weighted by Crippen LogP contribution is -2.03. The number of aryl methyl sites for hydroxylation is 1. The van der Waals surface area contributed by atoms with Crippen molar-refractivity contribution in [3.63, 3.8) is 0 Å². The molecule has 0 bridgehead atoms. The fourth-order valence-electron chi connectivity index (χ4n) is 1.83. The normalized spacial score (nSPS) is 10.3. The van der Waals surface area contributed by atoms with Gasteiger partial charge < -0.3 is 5.32 Å². The maximum absolute atomic E-state index is 13.1. The smallest absolute Gasteiger partial charge is 0.126 e. The van der Waals surface area contributed by atoms with E-state index in [9.17, 15) is 4.39 Å². The van der Waals surface area contributed by atoms with Gasteiger partial charge in [0.1, 0.15) is 5.82 Å². The highest BCUT2D eigenvalue weighted by Crippen LogP contribution is 2.18. The predicted octanol–water partition coefficient (Wildman–Crippen LogP) is 4.52. The van der Waals surface area contributed by atoms with Crippen molar-refractivity contribution in [2.75, 3.05) is 11.9 Å². The summed E-state index contributed by atoms with van der Waals surface area (Å²) in [5.41, 5.74) is 2.05. The second-order valence-corrected chi connectivity index (χ2v) is 4.61. The van der Waals surface area contributed by atoms with E-state index in [1.807, 2.05) is 18.2 Å². The highest BCUT2D eigenvalue weighted by atomic mass is 35.5. The van der Waals surface area contributed by atoms with E-state index < -0.39 is 0 Å². The number of benzene rings is 2. The van der Waals surface area contributed by atoms with Crippen LogP contribution < -0.4 is 5.32 Å². The quantitative estimate of drug-likeness (QED) is 0.782. The first kappa shape index (κ1) is 12.9. The first-order valence-electron chi connectivity index (χ1n) is 5.98. The molecule has 0 heterocycles. The van der Waals surface area contributed by atoms with Crippen LogP contribution in [0, 0.1) is 5.82 Å². The summed E-state index contributed by atoms with van der Waals surface area (Å²) < 4.78 is 13.1. The summed E-state index contributed by atoms with van der Waals surface area (Å²) in [4.78, 5) is 0. The molecule has 2 rings (SSSR count). The molecule has 2 aromatic rings. The average Bonchev–Trinajstić information content (AvgIpc) is 2.35. The summed E-state index contributed by atoms with van der Waals surface area (Å²) in [5.74, 6) is -0.312. The third-order valence-corrected chi connectivity index (χ3v) is 2.89. The molecule has 18 heavy (non-hydrogen) atoms. The minimum absolute atomic E-state index is 0.312. The predicted molar refractivity (Wildman–Crippen MR) is 74.7 cm³/mol. The van der Waals surface area contributed by atoms with Crippen LogP contribution in [0.25, 0.3) is 0 Å². The zero-order valence-corrected chi connectivity index (χ0v) is 10.8. The maximum Gasteiger partial charge on any atom is 0.126 e. The standard InChI is InChI=1S/C15H15ClFN/c16-13-9-14(17)11-15(10-13)18-8-4-7-12-5-2-1-3-6-12/h1-3,5-6,9-11,18H,4,7-8H2. The molecule has 3 heteroatoms. The molecule has 0 saturated heterocycles. The van der Waals surface area contributed by atoms with Crippen molar-refractivity contribution in [3.05, 3.63) is 64.9 Å². The number of halogens is 2. The summed E-state index contributed by atoms with van der Waals surface area (Å²) in [7, 11) is 0. The van der Waals surface area contributed by atoms with Crippen molar-refractivity contribution in [2.24, 2.45) is 0 Å². The first-order valence-corrected chi connectivity index (χ1v) is 6.36. The fourth-order valence-corrected chi connectivity index (χ4v) is 2.05. The van der Waals surface area contributed by atoms with Crippen molar-refractivity contribution < 1.29 is 4.39 Å². The van der Waals surface area contributed by atoms with E-state index in [4.69, 9.17) is 11.6 Å². The summed E-state index contributed by atoms with van der Waals surface area (Å²) in [6.45, 7) is 0.800.